The van der Waals surface area contributed by atoms with Crippen LogP contribution in [-0.2, 0) is 0 Å². The van der Waals surface area contributed by atoms with Crippen LogP contribution in [0, 0.1) is 0 Å². The van der Waals surface area contributed by atoms with Crippen LogP contribution in [0.15, 0.2) is 0 Å². The Balaban J connectivity index is 2.12. The van der Waals surface area contributed by atoms with Crippen molar-refractivity contribution in [3.63, 3.8) is 0 Å². The van der Waals surface area contributed by atoms with Crippen molar-refractivity contribution in [3.05, 3.63) is 0 Å². The quantitative estimate of drug-likeness (QED) is 0.341. The van der Waals surface area contributed by atoms with E-state index in [1.807, 2.05) is 0 Å². The molecule has 1 saturated carbocycles. The summed E-state index contributed by atoms with van der Waals surface area (Å²) in [6.07, 6.45) is 7.45. The van der Waals surface area contributed by atoms with E-state index in [9.17, 15) is 0 Å². The second-order valence-corrected chi connectivity index (χ2v) is 4.16. The van der Waals surface area contributed by atoms with E-state index in [2.05, 4.69) is 22.6 Å². The molecule has 1 rings (SSSR count). The van der Waals surface area contributed by atoms with Crippen LogP contribution >= 0.6 is 0 Å². The number of halogens is 1. The second-order valence-electron chi connectivity index (χ2n) is 2.26. The van der Waals surface area contributed by atoms with E-state index in [1.54, 1.807) is 0 Å². The highest BCUT2D eigenvalue weighted by Gasteiger charge is 2.15. The molecule has 1 aliphatic rings. The molecule has 0 saturated heterocycles. The highest BCUT2D eigenvalue weighted by Crippen LogP contribution is 2.12. The van der Waals surface area contributed by atoms with Gasteiger partial charge in [-0.05, 0) is 25.7 Å². The summed E-state index contributed by atoms with van der Waals surface area (Å²) >= 11 is 2.29. The van der Waals surface area contributed by atoms with E-state index >= 15 is 0 Å². The smallest absolute Gasteiger partial charge is 0.0530 e. The summed E-state index contributed by atoms with van der Waals surface area (Å²) < 4.78 is 1.05. The predicted molar refractivity (Wildman–Crippen MR) is 28.3 cm³/mol. The lowest BCUT2D eigenvalue weighted by atomic mass is 10.0. The molecule has 0 aromatic rings. The van der Waals surface area contributed by atoms with Crippen LogP contribution in [0.5, 0.6) is 0 Å². The van der Waals surface area contributed by atoms with Crippen LogP contribution in [0.2, 0.25) is 0 Å². The zero-order valence-corrected chi connectivity index (χ0v) is 6.85. The molecule has 0 bridgehead atoms. The van der Waals surface area contributed by atoms with Gasteiger partial charge in [-0.1, -0.05) is 6.42 Å². The van der Waals surface area contributed by atoms with Crippen molar-refractivity contribution in [1.29, 1.82) is 0 Å². The van der Waals surface area contributed by atoms with Gasteiger partial charge in [0, 0.05) is 0 Å². The van der Waals surface area contributed by atoms with E-state index in [4.69, 9.17) is 0 Å². The monoisotopic (exact) mass is 211 g/mol. The third-order valence-electron chi connectivity index (χ3n) is 1.55. The van der Waals surface area contributed by atoms with Crippen molar-refractivity contribution >= 4 is 0 Å². The van der Waals surface area contributed by atoms with Gasteiger partial charge in [0.2, 0.25) is 0 Å². The SMILES string of the molecule is [IH+]C1CCCCC1. The molecule has 0 amide bonds. The second kappa shape index (κ2) is 2.90. The van der Waals surface area contributed by atoms with Crippen molar-refractivity contribution < 1.29 is 22.6 Å². The van der Waals surface area contributed by atoms with Crippen LogP contribution in [0.25, 0.3) is 0 Å². The Bertz CT molecular complexity index is 46.1. The van der Waals surface area contributed by atoms with Gasteiger partial charge in [-0.25, -0.2) is 0 Å². The van der Waals surface area contributed by atoms with Gasteiger partial charge >= 0.3 is 0 Å². The molecule has 42 valence electrons. The summed E-state index contributed by atoms with van der Waals surface area (Å²) in [4.78, 5) is 0. The van der Waals surface area contributed by atoms with Crippen LogP contribution in [0.3, 0.4) is 0 Å². The zero-order chi connectivity index (χ0) is 5.11. The summed E-state index contributed by atoms with van der Waals surface area (Å²) in [5.74, 6) is 0. The summed E-state index contributed by atoms with van der Waals surface area (Å²) in [5, 5.41) is 0. The average Bonchev–Trinajstić information content (AvgIpc) is 1.69. The molecule has 7 heavy (non-hydrogen) atoms. The van der Waals surface area contributed by atoms with E-state index in [0.29, 0.717) is 0 Å². The molecule has 0 aromatic carbocycles. The molecule has 1 fully saturated rings. The Hall–Kier alpha value is 0.730. The molecule has 1 aliphatic carbocycles. The Labute approximate surface area is 58.8 Å². The zero-order valence-electron chi connectivity index (χ0n) is 4.52. The standard InChI is InChI=1S/C6H12I/c7-6-4-2-1-3-5-6/h6-7H,1-5H2/q+1. The van der Waals surface area contributed by atoms with Crippen LogP contribution in [0.4, 0.5) is 0 Å². The molecule has 0 atom stereocenters. The Morgan fingerprint density at radius 1 is 1.00 bits per heavy atom. The Kier molecular flexibility index (Phi) is 2.43. The van der Waals surface area contributed by atoms with Gasteiger partial charge in [-0.15, -0.1) is 0 Å². The van der Waals surface area contributed by atoms with E-state index < -0.39 is 0 Å². The van der Waals surface area contributed by atoms with Crippen molar-refractivity contribution in [2.45, 2.75) is 36.0 Å². The van der Waals surface area contributed by atoms with Gasteiger partial charge in [-0.3, -0.25) is 0 Å². The lowest BCUT2D eigenvalue weighted by molar-refractivity contribution is -0.425. The highest BCUT2D eigenvalue weighted by molar-refractivity contribution is 4.60. The van der Waals surface area contributed by atoms with Gasteiger partial charge in [0.25, 0.3) is 22.6 Å². The summed E-state index contributed by atoms with van der Waals surface area (Å²) in [5.41, 5.74) is 0. The molecule has 0 aromatic heterocycles. The number of hydrogen-bond donors (Lipinski definition) is 0. The molecule has 0 radical (unpaired) electrons. The highest BCUT2D eigenvalue weighted by atomic mass is 127. The van der Waals surface area contributed by atoms with Crippen LogP contribution in [-0.4, -0.2) is 3.92 Å². The lowest BCUT2D eigenvalue weighted by Gasteiger charge is -2.08. The lowest BCUT2D eigenvalue weighted by Crippen LogP contribution is -3.39. The fourth-order valence-corrected chi connectivity index (χ4v) is 2.02. The minimum absolute atomic E-state index is 1.05. The molecule has 0 spiro atoms. The number of alkyl halides is 1. The normalized spacial score (nSPS) is 25.3. The van der Waals surface area contributed by atoms with E-state index in [-0.39, 0.29) is 0 Å². The van der Waals surface area contributed by atoms with Crippen LogP contribution in [0.1, 0.15) is 32.1 Å². The number of rotatable bonds is 0. The third kappa shape index (κ3) is 1.98. The van der Waals surface area contributed by atoms with Gasteiger partial charge < -0.3 is 0 Å². The molecule has 0 unspecified atom stereocenters. The minimum Gasteiger partial charge on any atom is -0.0530 e. The topological polar surface area (TPSA) is 0 Å². The first-order chi connectivity index (χ1) is 3.39. The average molecular weight is 211 g/mol. The fourth-order valence-electron chi connectivity index (χ4n) is 1.07. The molecule has 0 nitrogen and oxygen atoms in total. The maximum atomic E-state index is 2.29. The number of hydrogen-bond acceptors (Lipinski definition) is 0. The molecule has 0 N–H and O–H groups in total. The first-order valence-corrected chi connectivity index (χ1v) is 4.40. The van der Waals surface area contributed by atoms with Gasteiger partial charge in [-0.2, -0.15) is 0 Å². The van der Waals surface area contributed by atoms with Crippen molar-refractivity contribution in [3.8, 4) is 0 Å². The van der Waals surface area contributed by atoms with Crippen molar-refractivity contribution in [2.75, 3.05) is 0 Å². The fraction of sp³-hybridized carbons (Fsp3) is 1.00. The first-order valence-electron chi connectivity index (χ1n) is 3.05. The molecule has 0 aliphatic heterocycles. The van der Waals surface area contributed by atoms with Crippen molar-refractivity contribution in [2.24, 2.45) is 0 Å². The molecule has 1 heteroatoms. The maximum Gasteiger partial charge on any atom is 0.255 e. The maximum absolute atomic E-state index is 2.29. The van der Waals surface area contributed by atoms with Crippen LogP contribution < -0.4 is 22.6 Å². The van der Waals surface area contributed by atoms with E-state index in [0.717, 1.165) is 3.92 Å². The largest absolute Gasteiger partial charge is 0.255 e. The third-order valence-corrected chi connectivity index (χ3v) is 2.90. The Morgan fingerprint density at radius 2 is 1.57 bits per heavy atom. The van der Waals surface area contributed by atoms with E-state index in [1.165, 1.54) is 32.1 Å². The molecular formula is C6H12I+. The minimum atomic E-state index is 1.05. The summed E-state index contributed by atoms with van der Waals surface area (Å²) in [6.45, 7) is 0. The van der Waals surface area contributed by atoms with Gasteiger partial charge in [0.15, 0.2) is 3.92 Å². The molecular weight excluding hydrogens is 199 g/mol. The summed E-state index contributed by atoms with van der Waals surface area (Å²) in [7, 11) is 0. The van der Waals surface area contributed by atoms with Crippen molar-refractivity contribution in [1.82, 2.24) is 0 Å². The predicted octanol–water partition coefficient (Wildman–Crippen LogP) is -1.40. The first kappa shape index (κ1) is 5.86. The Morgan fingerprint density at radius 3 is 1.86 bits per heavy atom. The summed E-state index contributed by atoms with van der Waals surface area (Å²) in [6, 6.07) is 0. The van der Waals surface area contributed by atoms with Gasteiger partial charge in [0.1, 0.15) is 0 Å². The van der Waals surface area contributed by atoms with Gasteiger partial charge in [0.05, 0.1) is 0 Å². The molecule has 0 heterocycles.